The van der Waals surface area contributed by atoms with E-state index in [1.807, 2.05) is 6.92 Å². The first kappa shape index (κ1) is 17.2. The van der Waals surface area contributed by atoms with E-state index in [1.54, 1.807) is 29.2 Å². The van der Waals surface area contributed by atoms with E-state index in [0.717, 1.165) is 0 Å². The summed E-state index contributed by atoms with van der Waals surface area (Å²) in [4.78, 5) is 38.0. The molecular weight excluding hydrogens is 328 g/mol. The van der Waals surface area contributed by atoms with E-state index in [4.69, 9.17) is 13.9 Å². The zero-order valence-corrected chi connectivity index (χ0v) is 14.1. The molecule has 1 aromatic carbocycles. The number of carbonyl (C=O) groups excluding carboxylic acids is 2. The Hall–Kier alpha value is -2.61. The summed E-state index contributed by atoms with van der Waals surface area (Å²) in [6, 6.07) is 5.92. The molecule has 1 amide bonds. The molecule has 0 spiro atoms. The average Bonchev–Trinajstić information content (AvgIpc) is 2.94. The lowest BCUT2D eigenvalue weighted by atomic mass is 10.3. The van der Waals surface area contributed by atoms with Crippen LogP contribution in [0.4, 0.5) is 0 Å². The average molecular weight is 348 g/mol. The molecule has 8 nitrogen and oxygen atoms in total. The van der Waals surface area contributed by atoms with Gasteiger partial charge in [-0.05, 0) is 26.0 Å². The summed E-state index contributed by atoms with van der Waals surface area (Å²) in [5, 5.41) is 0. The van der Waals surface area contributed by atoms with Crippen molar-refractivity contribution in [3.8, 4) is 0 Å². The van der Waals surface area contributed by atoms with Gasteiger partial charge in [0, 0.05) is 13.1 Å². The number of morpholine rings is 1. The highest BCUT2D eigenvalue weighted by molar-refractivity contribution is 5.83. The summed E-state index contributed by atoms with van der Waals surface area (Å²) < 4.78 is 16.8. The maximum atomic E-state index is 12.3. The van der Waals surface area contributed by atoms with Gasteiger partial charge in [-0.2, -0.15) is 0 Å². The number of amides is 1. The Morgan fingerprint density at radius 3 is 2.88 bits per heavy atom. The Morgan fingerprint density at radius 2 is 2.12 bits per heavy atom. The minimum atomic E-state index is -0.896. The highest BCUT2D eigenvalue weighted by Crippen LogP contribution is 2.17. The molecule has 25 heavy (non-hydrogen) atoms. The summed E-state index contributed by atoms with van der Waals surface area (Å²) >= 11 is 0. The number of rotatable bonds is 4. The minimum absolute atomic E-state index is 0.0387. The zero-order valence-electron chi connectivity index (χ0n) is 14.1. The second kappa shape index (κ2) is 7.10. The summed E-state index contributed by atoms with van der Waals surface area (Å²) in [5.74, 6) is -1.58. The molecule has 1 aliphatic heterocycles. The fourth-order valence-electron chi connectivity index (χ4n) is 2.85. The van der Waals surface area contributed by atoms with Crippen LogP contribution >= 0.6 is 0 Å². The fraction of sp³-hybridized carbons (Fsp3) is 0.471. The summed E-state index contributed by atoms with van der Waals surface area (Å²) in [5.41, 5.74) is 0.899. The molecule has 0 saturated carbocycles. The van der Waals surface area contributed by atoms with E-state index in [0.29, 0.717) is 30.8 Å². The van der Waals surface area contributed by atoms with Gasteiger partial charge < -0.3 is 18.8 Å². The number of ether oxygens (including phenoxy) is 2. The Kier molecular flexibility index (Phi) is 4.89. The Bertz CT molecular complexity index is 839. The predicted molar refractivity (Wildman–Crippen MR) is 88.1 cm³/mol. The number of benzene rings is 1. The first-order valence-corrected chi connectivity index (χ1v) is 8.13. The third-order valence-corrected chi connectivity index (χ3v) is 4.18. The van der Waals surface area contributed by atoms with Crippen LogP contribution in [0.5, 0.6) is 0 Å². The molecule has 0 radical (unpaired) electrons. The molecular formula is C17H20N2O6. The Balaban J connectivity index is 1.65. The maximum Gasteiger partial charge on any atom is 0.420 e. The molecule has 134 valence electrons. The molecule has 1 fully saturated rings. The van der Waals surface area contributed by atoms with Gasteiger partial charge >= 0.3 is 11.7 Å². The quantitative estimate of drug-likeness (QED) is 0.764. The van der Waals surface area contributed by atoms with Crippen LogP contribution in [0.1, 0.15) is 19.9 Å². The molecule has 1 saturated heterocycles. The van der Waals surface area contributed by atoms with Gasteiger partial charge in [0.05, 0.1) is 18.2 Å². The largest absolute Gasteiger partial charge is 0.454 e. The van der Waals surface area contributed by atoms with Gasteiger partial charge in [0.2, 0.25) is 0 Å². The Morgan fingerprint density at radius 1 is 1.36 bits per heavy atom. The molecule has 1 aromatic heterocycles. The van der Waals surface area contributed by atoms with Crippen LogP contribution in [-0.4, -0.2) is 53.8 Å². The van der Waals surface area contributed by atoms with Crippen LogP contribution in [0.2, 0.25) is 0 Å². The molecule has 1 aliphatic rings. The van der Waals surface area contributed by atoms with Crippen molar-refractivity contribution in [3.05, 3.63) is 34.8 Å². The van der Waals surface area contributed by atoms with E-state index in [-0.39, 0.29) is 18.6 Å². The van der Waals surface area contributed by atoms with Crippen molar-refractivity contribution >= 4 is 23.0 Å². The van der Waals surface area contributed by atoms with Crippen LogP contribution in [0.3, 0.4) is 0 Å². The van der Waals surface area contributed by atoms with Gasteiger partial charge in [-0.1, -0.05) is 12.1 Å². The van der Waals surface area contributed by atoms with Crippen LogP contribution in [0.15, 0.2) is 33.5 Å². The van der Waals surface area contributed by atoms with Crippen molar-refractivity contribution in [1.82, 2.24) is 9.47 Å². The van der Waals surface area contributed by atoms with Crippen LogP contribution in [0.25, 0.3) is 11.1 Å². The van der Waals surface area contributed by atoms with Crippen molar-refractivity contribution in [3.63, 3.8) is 0 Å². The van der Waals surface area contributed by atoms with Gasteiger partial charge in [-0.3, -0.25) is 9.36 Å². The molecule has 0 aliphatic carbocycles. The number of hydrogen-bond donors (Lipinski definition) is 0. The van der Waals surface area contributed by atoms with Crippen molar-refractivity contribution in [2.45, 2.75) is 26.0 Å². The molecule has 2 atom stereocenters. The molecule has 0 N–H and O–H groups in total. The summed E-state index contributed by atoms with van der Waals surface area (Å²) in [7, 11) is 0. The second-order valence-electron chi connectivity index (χ2n) is 6.01. The third-order valence-electron chi connectivity index (χ3n) is 4.18. The first-order valence-electron chi connectivity index (χ1n) is 8.13. The molecule has 3 rings (SSSR count). The lowest BCUT2D eigenvalue weighted by molar-refractivity contribution is -0.157. The Labute approximate surface area is 143 Å². The third kappa shape index (κ3) is 3.58. The predicted octanol–water partition coefficient (Wildman–Crippen LogP) is 0.946. The molecule has 2 aromatic rings. The van der Waals surface area contributed by atoms with E-state index in [9.17, 15) is 14.4 Å². The van der Waals surface area contributed by atoms with Gasteiger partial charge in [-0.25, -0.2) is 9.59 Å². The van der Waals surface area contributed by atoms with E-state index in [1.165, 1.54) is 11.5 Å². The van der Waals surface area contributed by atoms with Crippen LogP contribution < -0.4 is 5.76 Å². The monoisotopic (exact) mass is 348 g/mol. The SMILES string of the molecule is CC1CN(C(=O)COC(=O)C(C)n2c(=O)oc3ccccc32)CCO1. The minimum Gasteiger partial charge on any atom is -0.454 e. The zero-order chi connectivity index (χ0) is 18.0. The van der Waals surface area contributed by atoms with E-state index >= 15 is 0 Å². The summed E-state index contributed by atoms with van der Waals surface area (Å²) in [6.45, 7) is 4.46. The van der Waals surface area contributed by atoms with Crippen molar-refractivity contribution in [1.29, 1.82) is 0 Å². The molecule has 8 heteroatoms. The number of nitrogens with zero attached hydrogens (tertiary/aromatic N) is 2. The van der Waals surface area contributed by atoms with Crippen molar-refractivity contribution < 1.29 is 23.5 Å². The highest BCUT2D eigenvalue weighted by Gasteiger charge is 2.26. The molecule has 2 heterocycles. The fourth-order valence-corrected chi connectivity index (χ4v) is 2.85. The molecule has 2 unspecified atom stereocenters. The topological polar surface area (TPSA) is 91.0 Å². The smallest absolute Gasteiger partial charge is 0.420 e. The lowest BCUT2D eigenvalue weighted by Crippen LogP contribution is -2.46. The lowest BCUT2D eigenvalue weighted by Gasteiger charge is -2.31. The maximum absolute atomic E-state index is 12.3. The first-order chi connectivity index (χ1) is 12.0. The van der Waals surface area contributed by atoms with Crippen molar-refractivity contribution in [2.24, 2.45) is 0 Å². The molecule has 0 bridgehead atoms. The normalized spacial score (nSPS) is 19.0. The number of esters is 1. The highest BCUT2D eigenvalue weighted by atomic mass is 16.5. The van der Waals surface area contributed by atoms with Crippen LogP contribution in [0, 0.1) is 0 Å². The summed E-state index contributed by atoms with van der Waals surface area (Å²) in [6.07, 6.45) is -0.0387. The number of carbonyl (C=O) groups is 2. The number of hydrogen-bond acceptors (Lipinski definition) is 6. The number of fused-ring (bicyclic) bond motifs is 1. The van der Waals surface area contributed by atoms with Gasteiger partial charge in [0.15, 0.2) is 12.2 Å². The van der Waals surface area contributed by atoms with Crippen molar-refractivity contribution in [2.75, 3.05) is 26.3 Å². The standard InChI is InChI=1S/C17H20N2O6/c1-11-9-18(7-8-23-11)15(20)10-24-16(21)12(2)19-13-5-3-4-6-14(13)25-17(19)22/h3-6,11-12H,7-10H2,1-2H3. The van der Waals surface area contributed by atoms with Crippen LogP contribution in [-0.2, 0) is 19.1 Å². The van der Waals surface area contributed by atoms with Gasteiger partial charge in [0.1, 0.15) is 6.04 Å². The van der Waals surface area contributed by atoms with Gasteiger partial charge in [-0.15, -0.1) is 0 Å². The van der Waals surface area contributed by atoms with Gasteiger partial charge in [0.25, 0.3) is 5.91 Å². The number of oxazole rings is 1. The van der Waals surface area contributed by atoms with E-state index in [2.05, 4.69) is 0 Å². The number of para-hydroxylation sites is 2. The van der Waals surface area contributed by atoms with E-state index < -0.39 is 17.8 Å². The number of aromatic nitrogens is 1. The second-order valence-corrected chi connectivity index (χ2v) is 6.01.